The first kappa shape index (κ1) is 12.9. The first-order chi connectivity index (χ1) is 10.3. The Balaban J connectivity index is 1.60. The second kappa shape index (κ2) is 5.20. The number of nitrogens with zero attached hydrogens (tertiary/aromatic N) is 5. The van der Waals surface area contributed by atoms with Crippen molar-refractivity contribution >= 4 is 0 Å². The van der Waals surface area contributed by atoms with E-state index in [2.05, 4.69) is 44.7 Å². The summed E-state index contributed by atoms with van der Waals surface area (Å²) in [5.74, 6) is 0.862. The number of benzene rings is 1. The van der Waals surface area contributed by atoms with Gasteiger partial charge in [-0.1, -0.05) is 12.1 Å². The number of aryl methyl sites for hydroxylation is 1. The second-order valence-corrected chi connectivity index (χ2v) is 5.97. The van der Waals surface area contributed by atoms with Gasteiger partial charge in [0.05, 0.1) is 11.7 Å². The van der Waals surface area contributed by atoms with E-state index in [1.54, 1.807) is 4.80 Å². The summed E-state index contributed by atoms with van der Waals surface area (Å²) in [6.45, 7) is 5.29. The molecule has 2 aromatic rings. The number of rotatable bonds is 2. The lowest BCUT2D eigenvalue weighted by molar-refractivity contribution is 0.157. The zero-order valence-corrected chi connectivity index (χ0v) is 12.2. The maximum atomic E-state index is 4.63. The zero-order chi connectivity index (χ0) is 14.2. The first-order valence-electron chi connectivity index (χ1n) is 7.65. The summed E-state index contributed by atoms with van der Waals surface area (Å²) >= 11 is 0. The van der Waals surface area contributed by atoms with Gasteiger partial charge < -0.3 is 5.32 Å². The van der Waals surface area contributed by atoms with Gasteiger partial charge in [-0.15, -0.1) is 15.0 Å². The fourth-order valence-electron chi connectivity index (χ4n) is 3.47. The number of hydrogen-bond acceptors (Lipinski definition) is 5. The molecule has 6 heteroatoms. The number of nitrogens with one attached hydrogen (secondary N) is 1. The molecular weight excluding hydrogens is 264 g/mol. The van der Waals surface area contributed by atoms with Crippen LogP contribution in [-0.2, 0) is 0 Å². The Hall–Kier alpha value is -1.79. The van der Waals surface area contributed by atoms with Crippen LogP contribution in [0.2, 0.25) is 0 Å². The molecular formula is C15H20N6. The molecule has 1 aromatic carbocycles. The van der Waals surface area contributed by atoms with E-state index in [-0.39, 0.29) is 0 Å². The summed E-state index contributed by atoms with van der Waals surface area (Å²) in [4.78, 5) is 4.19. The molecule has 110 valence electrons. The summed E-state index contributed by atoms with van der Waals surface area (Å²) in [5.41, 5.74) is 2.18. The van der Waals surface area contributed by atoms with Crippen LogP contribution in [0.5, 0.6) is 0 Å². The molecule has 4 rings (SSSR count). The van der Waals surface area contributed by atoms with E-state index < -0.39 is 0 Å². The predicted molar refractivity (Wildman–Crippen MR) is 79.2 cm³/mol. The minimum Gasteiger partial charge on any atom is -0.314 e. The molecule has 0 spiro atoms. The highest BCUT2D eigenvalue weighted by Gasteiger charge is 2.37. The number of aromatic nitrogens is 4. The van der Waals surface area contributed by atoms with Crippen molar-refractivity contribution in [3.63, 3.8) is 0 Å². The summed E-state index contributed by atoms with van der Waals surface area (Å²) in [5, 5.41) is 16.6. The van der Waals surface area contributed by atoms with Gasteiger partial charge in [-0.3, -0.25) is 4.90 Å². The van der Waals surface area contributed by atoms with Crippen molar-refractivity contribution in [3.8, 4) is 5.69 Å². The maximum absolute atomic E-state index is 4.63. The predicted octanol–water partition coefficient (Wildman–Crippen LogP) is 1.08. The van der Waals surface area contributed by atoms with Crippen LogP contribution in [0.15, 0.2) is 24.3 Å². The van der Waals surface area contributed by atoms with E-state index >= 15 is 0 Å². The van der Waals surface area contributed by atoms with Gasteiger partial charge in [0.2, 0.25) is 0 Å². The molecule has 2 fully saturated rings. The highest BCUT2D eigenvalue weighted by atomic mass is 15.6. The third-order valence-electron chi connectivity index (χ3n) is 4.53. The van der Waals surface area contributed by atoms with Crippen LogP contribution in [0.3, 0.4) is 0 Å². The molecule has 0 aliphatic carbocycles. The summed E-state index contributed by atoms with van der Waals surface area (Å²) in [6, 6.07) is 9.15. The van der Waals surface area contributed by atoms with Crippen LogP contribution >= 0.6 is 0 Å². The Kier molecular flexibility index (Phi) is 3.20. The average Bonchev–Trinajstić information content (AvgIpc) is 3.14. The molecule has 3 heterocycles. The lowest BCUT2D eigenvalue weighted by atomic mass is 10.2. The first-order valence-corrected chi connectivity index (χ1v) is 7.65. The molecule has 6 nitrogen and oxygen atoms in total. The van der Waals surface area contributed by atoms with Crippen molar-refractivity contribution in [1.29, 1.82) is 0 Å². The molecule has 2 atom stereocenters. The molecule has 2 saturated heterocycles. The maximum Gasteiger partial charge on any atom is 0.192 e. The number of piperazine rings is 1. The third kappa shape index (κ3) is 2.34. The summed E-state index contributed by atoms with van der Waals surface area (Å²) in [7, 11) is 0. The topological polar surface area (TPSA) is 58.9 Å². The molecule has 0 bridgehead atoms. The smallest absolute Gasteiger partial charge is 0.192 e. The largest absolute Gasteiger partial charge is 0.314 e. The van der Waals surface area contributed by atoms with E-state index in [9.17, 15) is 0 Å². The monoisotopic (exact) mass is 284 g/mol. The Bertz CT molecular complexity index is 637. The van der Waals surface area contributed by atoms with Gasteiger partial charge in [0.1, 0.15) is 0 Å². The van der Waals surface area contributed by atoms with E-state index in [4.69, 9.17) is 0 Å². The minimum absolute atomic E-state index is 0.329. The molecule has 2 aliphatic rings. The zero-order valence-electron chi connectivity index (χ0n) is 12.2. The van der Waals surface area contributed by atoms with Crippen molar-refractivity contribution < 1.29 is 0 Å². The van der Waals surface area contributed by atoms with Gasteiger partial charge in [-0.05, 0) is 42.7 Å². The molecule has 0 saturated carbocycles. The molecule has 21 heavy (non-hydrogen) atoms. The Morgan fingerprint density at radius 3 is 3.14 bits per heavy atom. The standard InChI is InChI=1S/C15H20N6/c1-11-3-2-4-12(9-11)21-18-15(17-19-21)14-6-5-13-10-16-7-8-20(13)14/h2-4,9,13-14,16H,5-8,10H2,1H3/t13-,14+/m0/s1. The van der Waals surface area contributed by atoms with Crippen LogP contribution in [-0.4, -0.2) is 50.8 Å². The lowest BCUT2D eigenvalue weighted by Crippen LogP contribution is -2.48. The van der Waals surface area contributed by atoms with Crippen LogP contribution in [0, 0.1) is 6.92 Å². The Morgan fingerprint density at radius 1 is 1.29 bits per heavy atom. The Morgan fingerprint density at radius 2 is 2.24 bits per heavy atom. The Labute approximate surface area is 124 Å². The highest BCUT2D eigenvalue weighted by Crippen LogP contribution is 2.34. The molecule has 2 aliphatic heterocycles. The van der Waals surface area contributed by atoms with Crippen molar-refractivity contribution in [2.45, 2.75) is 31.8 Å². The SMILES string of the molecule is Cc1cccc(-n2nnc([C@H]3CC[C@H]4CNCCN43)n2)c1. The van der Waals surface area contributed by atoms with Gasteiger partial charge in [-0.2, -0.15) is 0 Å². The van der Waals surface area contributed by atoms with Crippen LogP contribution < -0.4 is 5.32 Å². The van der Waals surface area contributed by atoms with E-state index in [1.807, 2.05) is 12.1 Å². The quantitative estimate of drug-likeness (QED) is 0.894. The lowest BCUT2D eigenvalue weighted by Gasteiger charge is -2.33. The van der Waals surface area contributed by atoms with Crippen molar-refractivity contribution in [3.05, 3.63) is 35.7 Å². The van der Waals surface area contributed by atoms with Gasteiger partial charge in [-0.25, -0.2) is 0 Å². The number of fused-ring (bicyclic) bond motifs is 1. The van der Waals surface area contributed by atoms with Crippen LogP contribution in [0.4, 0.5) is 0 Å². The van der Waals surface area contributed by atoms with E-state index in [1.165, 1.54) is 12.0 Å². The van der Waals surface area contributed by atoms with Gasteiger partial charge in [0.25, 0.3) is 0 Å². The fraction of sp³-hybridized carbons (Fsp3) is 0.533. The van der Waals surface area contributed by atoms with E-state index in [0.717, 1.165) is 37.6 Å². The fourth-order valence-corrected chi connectivity index (χ4v) is 3.47. The van der Waals surface area contributed by atoms with Crippen LogP contribution in [0.25, 0.3) is 5.69 Å². The second-order valence-electron chi connectivity index (χ2n) is 5.97. The summed E-state index contributed by atoms with van der Waals surface area (Å²) in [6.07, 6.45) is 2.35. The van der Waals surface area contributed by atoms with E-state index in [0.29, 0.717) is 12.1 Å². The molecule has 1 aromatic heterocycles. The van der Waals surface area contributed by atoms with Crippen molar-refractivity contribution in [2.24, 2.45) is 0 Å². The van der Waals surface area contributed by atoms with Crippen molar-refractivity contribution in [2.75, 3.05) is 19.6 Å². The number of tetrazole rings is 1. The molecule has 0 radical (unpaired) electrons. The summed E-state index contributed by atoms with van der Waals surface area (Å²) < 4.78 is 0. The normalized spacial score (nSPS) is 26.0. The molecule has 1 N–H and O–H groups in total. The van der Waals surface area contributed by atoms with Crippen molar-refractivity contribution in [1.82, 2.24) is 30.4 Å². The average molecular weight is 284 g/mol. The van der Waals surface area contributed by atoms with Crippen LogP contribution in [0.1, 0.15) is 30.3 Å². The third-order valence-corrected chi connectivity index (χ3v) is 4.53. The van der Waals surface area contributed by atoms with Gasteiger partial charge in [0, 0.05) is 25.7 Å². The minimum atomic E-state index is 0.329. The van der Waals surface area contributed by atoms with Gasteiger partial charge in [0.15, 0.2) is 5.82 Å². The van der Waals surface area contributed by atoms with Gasteiger partial charge >= 0.3 is 0 Å². The molecule has 0 unspecified atom stereocenters. The molecule has 0 amide bonds. The highest BCUT2D eigenvalue weighted by molar-refractivity contribution is 5.33. The number of hydrogen-bond donors (Lipinski definition) is 1.